The molecule has 0 fully saturated rings. The Morgan fingerprint density at radius 3 is 2.53 bits per heavy atom. The maximum atomic E-state index is 12.7. The van der Waals surface area contributed by atoms with Gasteiger partial charge >= 0.3 is 12.1 Å². The van der Waals surface area contributed by atoms with E-state index in [2.05, 4.69) is 15.5 Å². The van der Waals surface area contributed by atoms with Crippen LogP contribution in [0.4, 0.5) is 18.9 Å². The summed E-state index contributed by atoms with van der Waals surface area (Å²) in [6.45, 7) is 1.11. The van der Waals surface area contributed by atoms with Crippen molar-refractivity contribution in [1.29, 1.82) is 0 Å². The second-order valence-corrected chi connectivity index (χ2v) is 6.28. The molecule has 0 unspecified atom stereocenters. The first-order valence-electron chi connectivity index (χ1n) is 8.91. The molecule has 2 amide bonds. The molecule has 0 aliphatic heterocycles. The fourth-order valence-electron chi connectivity index (χ4n) is 2.70. The number of nitrogens with one attached hydrogen (secondary N) is 1. The topological polar surface area (TPSA) is 88.3 Å². The Labute approximate surface area is 169 Å². The van der Waals surface area contributed by atoms with Gasteiger partial charge in [-0.1, -0.05) is 17.3 Å². The van der Waals surface area contributed by atoms with Crippen LogP contribution in [0.15, 0.2) is 59.4 Å². The highest BCUT2D eigenvalue weighted by Gasteiger charge is 2.41. The van der Waals surface area contributed by atoms with Gasteiger partial charge in [0.1, 0.15) is 0 Å². The van der Waals surface area contributed by atoms with Gasteiger partial charge in [-0.15, -0.1) is 0 Å². The molecule has 0 aliphatic rings. The fourth-order valence-corrected chi connectivity index (χ4v) is 2.70. The number of aromatic nitrogens is 2. The van der Waals surface area contributed by atoms with Gasteiger partial charge in [0.25, 0.3) is 5.91 Å². The van der Waals surface area contributed by atoms with Crippen molar-refractivity contribution in [2.75, 3.05) is 11.9 Å². The van der Waals surface area contributed by atoms with Crippen LogP contribution in [0, 0.1) is 0 Å². The predicted molar refractivity (Wildman–Crippen MR) is 101 cm³/mol. The van der Waals surface area contributed by atoms with E-state index in [-0.39, 0.29) is 18.8 Å². The van der Waals surface area contributed by atoms with Crippen LogP contribution >= 0.6 is 0 Å². The molecule has 3 rings (SSSR count). The Morgan fingerprint density at radius 1 is 1.13 bits per heavy atom. The van der Waals surface area contributed by atoms with E-state index in [0.717, 1.165) is 0 Å². The van der Waals surface area contributed by atoms with Gasteiger partial charge in [0.05, 0.1) is 0 Å². The molecule has 7 nitrogen and oxygen atoms in total. The van der Waals surface area contributed by atoms with Crippen LogP contribution in [0.25, 0.3) is 11.3 Å². The summed E-state index contributed by atoms with van der Waals surface area (Å²) in [6, 6.07) is 11.1. The fraction of sp³-hybridized carbons (Fsp3) is 0.200. The molecule has 0 spiro atoms. The zero-order chi connectivity index (χ0) is 21.7. The number of hydrogen-bond acceptors (Lipinski definition) is 5. The largest absolute Gasteiger partial charge is 0.471 e. The number of pyridine rings is 1. The third-order valence-electron chi connectivity index (χ3n) is 4.18. The first-order chi connectivity index (χ1) is 14.3. The summed E-state index contributed by atoms with van der Waals surface area (Å²) >= 11 is 0. The Kier molecular flexibility index (Phi) is 6.14. The average Bonchev–Trinajstić information content (AvgIpc) is 3.22. The molecule has 3 aromatic rings. The quantitative estimate of drug-likeness (QED) is 0.656. The van der Waals surface area contributed by atoms with Crippen molar-refractivity contribution >= 4 is 17.5 Å². The van der Waals surface area contributed by atoms with Crippen molar-refractivity contribution < 1.29 is 27.3 Å². The van der Waals surface area contributed by atoms with Gasteiger partial charge in [-0.3, -0.25) is 14.6 Å². The van der Waals surface area contributed by atoms with Crippen LogP contribution < -0.4 is 5.32 Å². The second-order valence-electron chi connectivity index (χ2n) is 6.28. The number of nitrogens with zero attached hydrogens (tertiary/aromatic N) is 3. The molecular weight excluding hydrogens is 401 g/mol. The molecule has 2 heterocycles. The summed E-state index contributed by atoms with van der Waals surface area (Å²) < 4.78 is 43.2. The lowest BCUT2D eigenvalue weighted by Crippen LogP contribution is -2.40. The third kappa shape index (κ3) is 5.02. The molecular formula is C20H17F3N4O3. The van der Waals surface area contributed by atoms with Crippen molar-refractivity contribution in [3.8, 4) is 11.3 Å². The second kappa shape index (κ2) is 8.76. The summed E-state index contributed by atoms with van der Waals surface area (Å²) in [7, 11) is 0. The van der Waals surface area contributed by atoms with Crippen LogP contribution in [-0.4, -0.2) is 39.6 Å². The lowest BCUT2D eigenvalue weighted by atomic mass is 10.1. The van der Waals surface area contributed by atoms with E-state index in [1.54, 1.807) is 42.7 Å². The lowest BCUT2D eigenvalue weighted by Gasteiger charge is -2.22. The summed E-state index contributed by atoms with van der Waals surface area (Å²) in [5.74, 6) is -2.07. The number of rotatable bonds is 6. The van der Waals surface area contributed by atoms with Crippen LogP contribution in [0.5, 0.6) is 0 Å². The van der Waals surface area contributed by atoms with E-state index in [4.69, 9.17) is 4.52 Å². The number of halogens is 3. The van der Waals surface area contributed by atoms with Crippen molar-refractivity contribution in [3.63, 3.8) is 0 Å². The molecule has 10 heteroatoms. The molecule has 0 aliphatic carbocycles. The van der Waals surface area contributed by atoms with E-state index >= 15 is 0 Å². The third-order valence-corrected chi connectivity index (χ3v) is 4.18. The minimum absolute atomic E-state index is 0.0367. The monoisotopic (exact) mass is 418 g/mol. The van der Waals surface area contributed by atoms with Crippen molar-refractivity contribution in [3.05, 3.63) is 66.1 Å². The Balaban J connectivity index is 1.70. The summed E-state index contributed by atoms with van der Waals surface area (Å²) in [6.07, 6.45) is -1.79. The molecule has 1 aromatic carbocycles. The van der Waals surface area contributed by atoms with Gasteiger partial charge in [-0.25, -0.2) is 0 Å². The Bertz CT molecular complexity index is 1040. The van der Waals surface area contributed by atoms with E-state index in [1.165, 1.54) is 19.1 Å². The molecule has 0 saturated heterocycles. The molecule has 156 valence electrons. The number of carbonyl (C=O) groups excluding carboxylic acids is 2. The van der Waals surface area contributed by atoms with Crippen LogP contribution in [-0.2, 0) is 11.3 Å². The molecule has 0 saturated carbocycles. The summed E-state index contributed by atoms with van der Waals surface area (Å²) in [5.41, 5.74) is 1.52. The van der Waals surface area contributed by atoms with E-state index in [9.17, 15) is 22.8 Å². The van der Waals surface area contributed by atoms with Gasteiger partial charge in [-0.2, -0.15) is 13.2 Å². The first kappa shape index (κ1) is 21.0. The molecule has 0 radical (unpaired) electrons. The normalized spacial score (nSPS) is 11.2. The zero-order valence-electron chi connectivity index (χ0n) is 15.8. The Hall–Kier alpha value is -3.69. The predicted octanol–water partition coefficient (Wildman–Crippen LogP) is 3.90. The number of amides is 2. The van der Waals surface area contributed by atoms with Gasteiger partial charge < -0.3 is 14.7 Å². The standard InChI is InChI=1S/C20H17F3N4O3/c1-2-27(19(29)20(21,22)23)12-13-4-3-5-15(10-13)25-18(28)16-11-17(30-26-16)14-6-8-24-9-7-14/h3-11H,2,12H2,1H3,(H,25,28). The van der Waals surface area contributed by atoms with E-state index in [1.807, 2.05) is 0 Å². The zero-order valence-corrected chi connectivity index (χ0v) is 15.8. The number of anilines is 1. The first-order valence-corrected chi connectivity index (χ1v) is 8.91. The van der Waals surface area contributed by atoms with Crippen molar-refractivity contribution in [1.82, 2.24) is 15.0 Å². The molecule has 0 atom stereocenters. The molecule has 2 aromatic heterocycles. The number of benzene rings is 1. The highest BCUT2D eigenvalue weighted by Crippen LogP contribution is 2.22. The number of hydrogen-bond donors (Lipinski definition) is 1. The van der Waals surface area contributed by atoms with Gasteiger partial charge in [-0.05, 0) is 36.8 Å². The molecule has 1 N–H and O–H groups in total. The average molecular weight is 418 g/mol. The van der Waals surface area contributed by atoms with Crippen LogP contribution in [0.3, 0.4) is 0 Å². The minimum Gasteiger partial charge on any atom is -0.355 e. The highest BCUT2D eigenvalue weighted by atomic mass is 19.4. The van der Waals surface area contributed by atoms with Crippen molar-refractivity contribution in [2.45, 2.75) is 19.6 Å². The van der Waals surface area contributed by atoms with Crippen molar-refractivity contribution in [2.24, 2.45) is 0 Å². The van der Waals surface area contributed by atoms with E-state index in [0.29, 0.717) is 27.5 Å². The van der Waals surface area contributed by atoms with Gasteiger partial charge in [0.15, 0.2) is 11.5 Å². The smallest absolute Gasteiger partial charge is 0.355 e. The van der Waals surface area contributed by atoms with Crippen LogP contribution in [0.1, 0.15) is 23.0 Å². The highest BCUT2D eigenvalue weighted by molar-refractivity contribution is 6.03. The number of carbonyl (C=O) groups is 2. The molecule has 0 bridgehead atoms. The summed E-state index contributed by atoms with van der Waals surface area (Å²) in [4.78, 5) is 28.5. The Morgan fingerprint density at radius 2 is 1.87 bits per heavy atom. The minimum atomic E-state index is -4.94. The lowest BCUT2D eigenvalue weighted by molar-refractivity contribution is -0.185. The van der Waals surface area contributed by atoms with Gasteiger partial charge in [0.2, 0.25) is 0 Å². The SMILES string of the molecule is CCN(Cc1cccc(NC(=O)c2cc(-c3ccncc3)on2)c1)C(=O)C(F)(F)F. The maximum Gasteiger partial charge on any atom is 0.471 e. The van der Waals surface area contributed by atoms with E-state index < -0.39 is 18.0 Å². The van der Waals surface area contributed by atoms with Crippen LogP contribution in [0.2, 0.25) is 0 Å². The van der Waals surface area contributed by atoms with Gasteiger partial charge in [0, 0.05) is 42.8 Å². The number of alkyl halides is 3. The molecule has 30 heavy (non-hydrogen) atoms. The summed E-state index contributed by atoms with van der Waals surface area (Å²) in [5, 5.41) is 6.35. The maximum absolute atomic E-state index is 12.7.